The minimum absolute atomic E-state index is 0.147. The summed E-state index contributed by atoms with van der Waals surface area (Å²) < 4.78 is 0. The lowest BCUT2D eigenvalue weighted by molar-refractivity contribution is 0.243. The first kappa shape index (κ1) is 15.2. The molecule has 0 aliphatic carbocycles. The molecule has 0 radical (unpaired) electrons. The molecule has 0 aliphatic rings. The van der Waals surface area contributed by atoms with Gasteiger partial charge in [0, 0.05) is 11.6 Å². The Kier molecular flexibility index (Phi) is 4.94. The highest BCUT2D eigenvalue weighted by Gasteiger charge is 2.22. The van der Waals surface area contributed by atoms with Gasteiger partial charge in [0.2, 0.25) is 0 Å². The van der Waals surface area contributed by atoms with E-state index in [1.165, 1.54) is 11.1 Å². The second-order valence-electron chi connectivity index (χ2n) is 6.49. The summed E-state index contributed by atoms with van der Waals surface area (Å²) in [6, 6.07) is 9.34. The zero-order chi connectivity index (χ0) is 13.9. The molecule has 2 heteroatoms. The summed E-state index contributed by atoms with van der Waals surface area (Å²) in [4.78, 5) is 2.25. The smallest absolute Gasteiger partial charge is 0.0359 e. The summed E-state index contributed by atoms with van der Waals surface area (Å²) in [5.41, 5.74) is 8.76. The molecule has 0 aliphatic heterocycles. The Hall–Kier alpha value is -0.860. The van der Waals surface area contributed by atoms with Gasteiger partial charge in [0.05, 0.1) is 0 Å². The van der Waals surface area contributed by atoms with E-state index in [4.69, 9.17) is 5.73 Å². The van der Waals surface area contributed by atoms with E-state index in [0.29, 0.717) is 12.0 Å². The van der Waals surface area contributed by atoms with E-state index in [1.807, 2.05) is 0 Å². The molecule has 1 rings (SSSR count). The lowest BCUT2D eigenvalue weighted by Crippen LogP contribution is -2.37. The molecule has 1 atom stereocenters. The third-order valence-electron chi connectivity index (χ3n) is 3.33. The molecule has 0 bridgehead atoms. The first-order valence-corrected chi connectivity index (χ1v) is 6.76. The van der Waals surface area contributed by atoms with Crippen molar-refractivity contribution in [3.05, 3.63) is 35.4 Å². The van der Waals surface area contributed by atoms with Crippen LogP contribution in [-0.4, -0.2) is 24.5 Å². The topological polar surface area (TPSA) is 29.3 Å². The van der Waals surface area contributed by atoms with Crippen LogP contribution in [0.15, 0.2) is 24.3 Å². The van der Waals surface area contributed by atoms with Crippen LogP contribution in [0.1, 0.15) is 57.2 Å². The summed E-state index contributed by atoms with van der Waals surface area (Å²) >= 11 is 0. The molecule has 2 N–H and O–H groups in total. The van der Waals surface area contributed by atoms with Crippen LogP contribution in [0, 0.1) is 0 Å². The molecule has 0 saturated carbocycles. The number of nitrogens with two attached hydrogens (primary N) is 1. The van der Waals surface area contributed by atoms with Gasteiger partial charge >= 0.3 is 0 Å². The Balaban J connectivity index is 2.93. The molecule has 18 heavy (non-hydrogen) atoms. The van der Waals surface area contributed by atoms with Gasteiger partial charge in [-0.05, 0) is 51.4 Å². The zero-order valence-corrected chi connectivity index (χ0v) is 12.7. The lowest BCUT2D eigenvalue weighted by Gasteiger charge is -2.31. The molecule has 0 amide bonds. The normalized spacial score (nSPS) is 14.3. The van der Waals surface area contributed by atoms with Gasteiger partial charge in [0.1, 0.15) is 0 Å². The summed E-state index contributed by atoms with van der Waals surface area (Å²) in [6.07, 6.45) is 0.959. The van der Waals surface area contributed by atoms with Crippen LogP contribution in [0.4, 0.5) is 0 Å². The van der Waals surface area contributed by atoms with Gasteiger partial charge in [-0.2, -0.15) is 0 Å². The largest absolute Gasteiger partial charge is 0.325 e. The first-order chi connectivity index (χ1) is 8.20. The van der Waals surface area contributed by atoms with Gasteiger partial charge in [0.15, 0.2) is 0 Å². The van der Waals surface area contributed by atoms with Gasteiger partial charge in [-0.1, -0.05) is 38.1 Å². The van der Waals surface area contributed by atoms with Gasteiger partial charge in [-0.3, -0.25) is 0 Å². The first-order valence-electron chi connectivity index (χ1n) is 6.76. The number of hydrogen-bond donors (Lipinski definition) is 1. The van der Waals surface area contributed by atoms with Crippen LogP contribution >= 0.6 is 0 Å². The third kappa shape index (κ3) is 4.43. The van der Waals surface area contributed by atoms with E-state index in [0.717, 1.165) is 6.42 Å². The quantitative estimate of drug-likeness (QED) is 0.863. The van der Waals surface area contributed by atoms with E-state index in [2.05, 4.69) is 71.0 Å². The van der Waals surface area contributed by atoms with Crippen LogP contribution in [0.3, 0.4) is 0 Å². The van der Waals surface area contributed by atoms with Crippen molar-refractivity contribution in [2.45, 2.75) is 51.6 Å². The molecule has 102 valence electrons. The molecule has 2 nitrogen and oxygen atoms in total. The van der Waals surface area contributed by atoms with Crippen LogP contribution in [0.5, 0.6) is 0 Å². The fourth-order valence-corrected chi connectivity index (χ4v) is 2.20. The average molecular weight is 248 g/mol. The van der Waals surface area contributed by atoms with Crippen molar-refractivity contribution in [2.75, 3.05) is 14.1 Å². The maximum atomic E-state index is 6.16. The molecule has 0 fully saturated rings. The Morgan fingerprint density at radius 1 is 1.06 bits per heavy atom. The van der Waals surface area contributed by atoms with Gasteiger partial charge < -0.3 is 10.6 Å². The second-order valence-corrected chi connectivity index (χ2v) is 6.49. The Morgan fingerprint density at radius 2 is 1.50 bits per heavy atom. The molecule has 1 unspecified atom stereocenters. The van der Waals surface area contributed by atoms with Crippen LogP contribution in [-0.2, 0) is 0 Å². The van der Waals surface area contributed by atoms with Crippen molar-refractivity contribution in [1.29, 1.82) is 0 Å². The number of nitrogens with zero attached hydrogens (tertiary/aromatic N) is 1. The van der Waals surface area contributed by atoms with Crippen LogP contribution < -0.4 is 5.73 Å². The molecule has 1 aromatic carbocycles. The molecule has 1 aromatic rings. The van der Waals surface area contributed by atoms with Gasteiger partial charge in [0.25, 0.3) is 0 Å². The fraction of sp³-hybridized carbons (Fsp3) is 0.625. The van der Waals surface area contributed by atoms with Crippen molar-refractivity contribution in [3.8, 4) is 0 Å². The van der Waals surface area contributed by atoms with Crippen LogP contribution in [0.2, 0.25) is 0 Å². The minimum atomic E-state index is -0.147. The average Bonchev–Trinajstić information content (AvgIpc) is 2.24. The number of hydrogen-bond acceptors (Lipinski definition) is 2. The SMILES string of the molecule is CC(C)c1ccc(C(CC(C)(C)N)N(C)C)cc1. The summed E-state index contributed by atoms with van der Waals surface area (Å²) in [6.45, 7) is 8.63. The summed E-state index contributed by atoms with van der Waals surface area (Å²) in [5.74, 6) is 0.586. The second kappa shape index (κ2) is 5.85. The molecule has 0 heterocycles. The lowest BCUT2D eigenvalue weighted by atomic mass is 9.90. The summed E-state index contributed by atoms with van der Waals surface area (Å²) in [5, 5.41) is 0. The van der Waals surface area contributed by atoms with Crippen molar-refractivity contribution in [3.63, 3.8) is 0 Å². The van der Waals surface area contributed by atoms with Crippen molar-refractivity contribution >= 4 is 0 Å². The van der Waals surface area contributed by atoms with E-state index in [-0.39, 0.29) is 5.54 Å². The standard InChI is InChI=1S/C16H28N2/c1-12(2)13-7-9-14(10-8-13)15(18(5)6)11-16(3,4)17/h7-10,12,15H,11,17H2,1-6H3. The molecular weight excluding hydrogens is 220 g/mol. The summed E-state index contributed by atoms with van der Waals surface area (Å²) in [7, 11) is 4.24. The van der Waals surface area contributed by atoms with Gasteiger partial charge in [-0.25, -0.2) is 0 Å². The number of rotatable bonds is 5. The van der Waals surface area contributed by atoms with Crippen LogP contribution in [0.25, 0.3) is 0 Å². The predicted molar refractivity (Wildman–Crippen MR) is 79.8 cm³/mol. The predicted octanol–water partition coefficient (Wildman–Crippen LogP) is 3.54. The third-order valence-corrected chi connectivity index (χ3v) is 3.33. The highest BCUT2D eigenvalue weighted by molar-refractivity contribution is 5.27. The minimum Gasteiger partial charge on any atom is -0.325 e. The monoisotopic (exact) mass is 248 g/mol. The fourth-order valence-electron chi connectivity index (χ4n) is 2.20. The maximum Gasteiger partial charge on any atom is 0.0359 e. The Labute approximate surface area is 112 Å². The molecular formula is C16H28N2. The highest BCUT2D eigenvalue weighted by Crippen LogP contribution is 2.27. The Morgan fingerprint density at radius 3 is 1.83 bits per heavy atom. The molecule has 0 spiro atoms. The van der Waals surface area contributed by atoms with E-state index in [9.17, 15) is 0 Å². The van der Waals surface area contributed by atoms with Gasteiger partial charge in [-0.15, -0.1) is 0 Å². The zero-order valence-electron chi connectivity index (χ0n) is 12.7. The Bertz CT molecular complexity index is 358. The van der Waals surface area contributed by atoms with Crippen molar-refractivity contribution in [1.82, 2.24) is 4.90 Å². The maximum absolute atomic E-state index is 6.16. The van der Waals surface area contributed by atoms with E-state index < -0.39 is 0 Å². The number of benzene rings is 1. The molecule has 0 saturated heterocycles. The molecule has 0 aromatic heterocycles. The van der Waals surface area contributed by atoms with Crippen molar-refractivity contribution < 1.29 is 0 Å². The highest BCUT2D eigenvalue weighted by atomic mass is 15.1. The van der Waals surface area contributed by atoms with E-state index in [1.54, 1.807) is 0 Å². The van der Waals surface area contributed by atoms with E-state index >= 15 is 0 Å². The van der Waals surface area contributed by atoms with Crippen molar-refractivity contribution in [2.24, 2.45) is 5.73 Å².